The minimum absolute atomic E-state index is 0.182. The molecule has 0 aliphatic heterocycles. The third kappa shape index (κ3) is 4.75. The Balaban J connectivity index is 1.69. The van der Waals surface area contributed by atoms with Crippen LogP contribution in [0.15, 0.2) is 48.5 Å². The lowest BCUT2D eigenvalue weighted by Gasteiger charge is -2.24. The van der Waals surface area contributed by atoms with Crippen molar-refractivity contribution in [3.05, 3.63) is 54.3 Å². The Labute approximate surface area is 176 Å². The van der Waals surface area contributed by atoms with Gasteiger partial charge in [0.1, 0.15) is 23.3 Å². The summed E-state index contributed by atoms with van der Waals surface area (Å²) in [6.45, 7) is 6.45. The van der Waals surface area contributed by atoms with E-state index < -0.39 is 0 Å². The molecule has 30 heavy (non-hydrogen) atoms. The average Bonchev–Trinajstić information content (AvgIpc) is 3.58. The first kappa shape index (κ1) is 20.3. The monoisotopic (exact) mass is 406 g/mol. The van der Waals surface area contributed by atoms with E-state index in [-0.39, 0.29) is 17.9 Å². The highest BCUT2D eigenvalue weighted by Gasteiger charge is 2.25. The first-order valence-corrected chi connectivity index (χ1v) is 10.7. The minimum atomic E-state index is -0.284. The zero-order valence-corrected chi connectivity index (χ0v) is 17.5. The van der Waals surface area contributed by atoms with Crippen LogP contribution in [0.2, 0.25) is 0 Å². The lowest BCUT2D eigenvalue weighted by Crippen LogP contribution is -2.24. The van der Waals surface area contributed by atoms with E-state index in [2.05, 4.69) is 46.1 Å². The molecule has 6 heteroatoms. The van der Waals surface area contributed by atoms with Gasteiger partial charge >= 0.3 is 6.01 Å². The molecule has 0 bridgehead atoms. The van der Waals surface area contributed by atoms with Gasteiger partial charge in [-0.2, -0.15) is 4.98 Å². The molecule has 0 N–H and O–H groups in total. The molecule has 3 aromatic rings. The molecule has 1 saturated carbocycles. The molecule has 1 aliphatic carbocycles. The molecular weight excluding hydrogens is 379 g/mol. The minimum Gasteiger partial charge on any atom is -0.459 e. The van der Waals surface area contributed by atoms with Crippen molar-refractivity contribution in [1.82, 2.24) is 15.2 Å². The van der Waals surface area contributed by atoms with Crippen LogP contribution in [0.25, 0.3) is 22.5 Å². The fourth-order valence-electron chi connectivity index (χ4n) is 3.44. The summed E-state index contributed by atoms with van der Waals surface area (Å²) in [5.41, 5.74) is 4.20. The van der Waals surface area contributed by atoms with Crippen LogP contribution in [-0.2, 0) is 0 Å². The number of hydrogen-bond donors (Lipinski definition) is 0. The third-order valence-electron chi connectivity index (χ3n) is 5.07. The summed E-state index contributed by atoms with van der Waals surface area (Å²) in [7, 11) is 0. The van der Waals surface area contributed by atoms with E-state index in [1.807, 2.05) is 12.1 Å². The summed E-state index contributed by atoms with van der Waals surface area (Å²) in [6, 6.07) is 14.9. The van der Waals surface area contributed by atoms with Crippen molar-refractivity contribution in [2.45, 2.75) is 45.6 Å². The Hall–Kier alpha value is -3.02. The molecule has 0 amide bonds. The summed E-state index contributed by atoms with van der Waals surface area (Å²) >= 11 is 0. The normalized spacial score (nSPS) is 13.3. The highest BCUT2D eigenvalue weighted by molar-refractivity contribution is 5.78. The van der Waals surface area contributed by atoms with Crippen molar-refractivity contribution in [1.29, 1.82) is 0 Å². The largest absolute Gasteiger partial charge is 0.459 e. The Kier molecular flexibility index (Phi) is 6.21. The fraction of sp³-hybridized carbons (Fsp3) is 0.375. The Bertz CT molecular complexity index is 966. The summed E-state index contributed by atoms with van der Waals surface area (Å²) < 4.78 is 19.2. The molecule has 156 valence electrons. The smallest absolute Gasteiger partial charge is 0.336 e. The Morgan fingerprint density at radius 3 is 2.07 bits per heavy atom. The third-order valence-corrected chi connectivity index (χ3v) is 5.07. The highest BCUT2D eigenvalue weighted by Crippen LogP contribution is 2.32. The molecular formula is C24H27FN4O. The predicted octanol–water partition coefficient (Wildman–Crippen LogP) is 5.51. The Morgan fingerprint density at radius 2 is 1.47 bits per heavy atom. The van der Waals surface area contributed by atoms with E-state index >= 15 is 0 Å². The summed E-state index contributed by atoms with van der Waals surface area (Å²) in [4.78, 5) is 7.01. The van der Waals surface area contributed by atoms with Gasteiger partial charge in [-0.1, -0.05) is 31.1 Å². The number of hydrogen-bond acceptors (Lipinski definition) is 5. The molecule has 2 aromatic carbocycles. The van der Waals surface area contributed by atoms with Crippen LogP contribution in [0.4, 0.5) is 10.1 Å². The molecule has 1 fully saturated rings. The predicted molar refractivity (Wildman–Crippen MR) is 117 cm³/mol. The van der Waals surface area contributed by atoms with Gasteiger partial charge in [0.2, 0.25) is 0 Å². The van der Waals surface area contributed by atoms with Crippen LogP contribution in [0.3, 0.4) is 0 Å². The summed E-state index contributed by atoms with van der Waals surface area (Å²) in [5, 5.41) is 8.62. The summed E-state index contributed by atoms with van der Waals surface area (Å²) in [6.07, 6.45) is 4.43. The first-order valence-electron chi connectivity index (χ1n) is 10.7. The van der Waals surface area contributed by atoms with Gasteiger partial charge in [-0.25, -0.2) is 4.39 Å². The van der Waals surface area contributed by atoms with Gasteiger partial charge in [-0.15, -0.1) is 5.10 Å². The first-order chi connectivity index (χ1) is 14.7. The number of rotatable bonds is 9. The van der Waals surface area contributed by atoms with E-state index in [1.54, 1.807) is 12.1 Å². The van der Waals surface area contributed by atoms with Gasteiger partial charge in [0.15, 0.2) is 0 Å². The molecule has 1 aliphatic rings. The molecule has 1 heterocycles. The molecule has 0 spiro atoms. The molecule has 0 saturated heterocycles. The second kappa shape index (κ2) is 9.20. The van der Waals surface area contributed by atoms with Crippen LogP contribution >= 0.6 is 0 Å². The zero-order chi connectivity index (χ0) is 20.9. The number of halogens is 1. The molecule has 1 aromatic heterocycles. The van der Waals surface area contributed by atoms with Crippen molar-refractivity contribution in [3.63, 3.8) is 0 Å². The average molecular weight is 407 g/mol. The van der Waals surface area contributed by atoms with Crippen LogP contribution < -0.4 is 9.64 Å². The van der Waals surface area contributed by atoms with E-state index in [4.69, 9.17) is 4.74 Å². The molecule has 0 unspecified atom stereocenters. The van der Waals surface area contributed by atoms with Gasteiger partial charge in [0, 0.05) is 29.9 Å². The van der Waals surface area contributed by atoms with Gasteiger partial charge < -0.3 is 9.64 Å². The number of ether oxygens (including phenoxy) is 1. The second-order valence-corrected chi connectivity index (χ2v) is 7.65. The number of nitrogens with zero attached hydrogens (tertiary/aromatic N) is 4. The van der Waals surface area contributed by atoms with Crippen molar-refractivity contribution < 1.29 is 9.13 Å². The van der Waals surface area contributed by atoms with Crippen molar-refractivity contribution in [2.24, 2.45) is 0 Å². The standard InChI is InChI=1S/C24H27FN4O/c1-3-15-29(16-4-2)20-11-7-18(8-12-20)23-22(17-5-9-19(25)10-6-17)26-24(28-27-23)30-21-13-14-21/h5-12,21H,3-4,13-16H2,1-2H3. The van der Waals surface area contributed by atoms with E-state index in [0.29, 0.717) is 11.4 Å². The van der Waals surface area contributed by atoms with Gasteiger partial charge in [-0.05, 0) is 62.1 Å². The van der Waals surface area contributed by atoms with Crippen LogP contribution in [0.5, 0.6) is 6.01 Å². The Morgan fingerprint density at radius 1 is 0.867 bits per heavy atom. The van der Waals surface area contributed by atoms with E-state index in [9.17, 15) is 4.39 Å². The molecule has 5 nitrogen and oxygen atoms in total. The van der Waals surface area contributed by atoms with Crippen molar-refractivity contribution in [3.8, 4) is 28.5 Å². The quantitative estimate of drug-likeness (QED) is 0.469. The lowest BCUT2D eigenvalue weighted by molar-refractivity contribution is 0.274. The molecule has 0 atom stereocenters. The fourth-order valence-corrected chi connectivity index (χ4v) is 3.44. The van der Waals surface area contributed by atoms with Crippen LogP contribution in [-0.4, -0.2) is 34.4 Å². The van der Waals surface area contributed by atoms with Gasteiger partial charge in [0.25, 0.3) is 0 Å². The van der Waals surface area contributed by atoms with Gasteiger partial charge in [0.05, 0.1) is 0 Å². The number of benzene rings is 2. The van der Waals surface area contributed by atoms with Crippen molar-refractivity contribution in [2.75, 3.05) is 18.0 Å². The maximum atomic E-state index is 13.5. The van der Waals surface area contributed by atoms with Gasteiger partial charge in [-0.3, -0.25) is 0 Å². The van der Waals surface area contributed by atoms with Crippen LogP contribution in [0.1, 0.15) is 39.5 Å². The second-order valence-electron chi connectivity index (χ2n) is 7.65. The van der Waals surface area contributed by atoms with E-state index in [1.165, 1.54) is 17.8 Å². The highest BCUT2D eigenvalue weighted by atomic mass is 19.1. The number of anilines is 1. The van der Waals surface area contributed by atoms with Crippen molar-refractivity contribution >= 4 is 5.69 Å². The maximum absolute atomic E-state index is 13.5. The maximum Gasteiger partial charge on any atom is 0.336 e. The zero-order valence-electron chi connectivity index (χ0n) is 17.5. The summed E-state index contributed by atoms with van der Waals surface area (Å²) in [5.74, 6) is -0.284. The topological polar surface area (TPSA) is 51.1 Å². The molecule has 4 rings (SSSR count). The molecule has 0 radical (unpaired) electrons. The van der Waals surface area contributed by atoms with Crippen LogP contribution in [0, 0.1) is 5.82 Å². The lowest BCUT2D eigenvalue weighted by atomic mass is 10.0. The number of aromatic nitrogens is 3. The van der Waals surface area contributed by atoms with E-state index in [0.717, 1.165) is 49.9 Å². The SMILES string of the molecule is CCCN(CCC)c1ccc(-c2nnc(OC3CC3)nc2-c2ccc(F)cc2)cc1.